The van der Waals surface area contributed by atoms with Crippen LogP contribution in [0.25, 0.3) is 0 Å². The second-order valence-electron chi connectivity index (χ2n) is 4.29. The molecule has 0 unspecified atom stereocenters. The molecule has 1 aromatic heterocycles. The Labute approximate surface area is 112 Å². The van der Waals surface area contributed by atoms with Gasteiger partial charge in [0.1, 0.15) is 5.82 Å². The molecule has 3 nitrogen and oxygen atoms in total. The molecule has 0 bridgehead atoms. The van der Waals surface area contributed by atoms with E-state index in [1.807, 2.05) is 0 Å². The van der Waals surface area contributed by atoms with Crippen LogP contribution in [-0.2, 0) is 6.54 Å². The molecule has 0 spiro atoms. The van der Waals surface area contributed by atoms with Crippen LogP contribution in [0.1, 0.15) is 15.9 Å². The average Bonchev–Trinajstić information content (AvgIpc) is 2.39. The molecule has 2 aromatic rings. The predicted molar refractivity (Wildman–Crippen MR) is 66.1 cm³/mol. The van der Waals surface area contributed by atoms with Gasteiger partial charge in [-0.2, -0.15) is 0 Å². The lowest BCUT2D eigenvalue weighted by Crippen LogP contribution is -2.25. The average molecular weight is 281 g/mol. The molecule has 0 aliphatic heterocycles. The van der Waals surface area contributed by atoms with E-state index in [9.17, 15) is 22.8 Å². The second kappa shape index (κ2) is 5.32. The van der Waals surface area contributed by atoms with Crippen LogP contribution in [0.3, 0.4) is 0 Å². The Morgan fingerprint density at radius 1 is 1.15 bits per heavy atom. The fourth-order valence-electron chi connectivity index (χ4n) is 1.76. The molecule has 6 heteroatoms. The van der Waals surface area contributed by atoms with Gasteiger partial charge in [0.05, 0.1) is 12.1 Å². The molecule has 1 heterocycles. The van der Waals surface area contributed by atoms with Gasteiger partial charge in [0.25, 0.3) is 5.56 Å². The number of hydrogen-bond acceptors (Lipinski definition) is 2. The van der Waals surface area contributed by atoms with Gasteiger partial charge in [-0.15, -0.1) is 0 Å². The Balaban J connectivity index is 2.36. The van der Waals surface area contributed by atoms with Crippen molar-refractivity contribution < 1.29 is 18.0 Å². The lowest BCUT2D eigenvalue weighted by atomic mass is 10.1. The Kier molecular flexibility index (Phi) is 3.74. The van der Waals surface area contributed by atoms with Gasteiger partial charge in [-0.3, -0.25) is 9.59 Å². The zero-order valence-electron chi connectivity index (χ0n) is 10.5. The summed E-state index contributed by atoms with van der Waals surface area (Å²) in [4.78, 5) is 23.6. The van der Waals surface area contributed by atoms with Gasteiger partial charge < -0.3 is 4.57 Å². The number of aromatic nitrogens is 1. The lowest BCUT2D eigenvalue weighted by molar-refractivity contribution is 0.0966. The van der Waals surface area contributed by atoms with Crippen molar-refractivity contribution in [1.82, 2.24) is 4.57 Å². The van der Waals surface area contributed by atoms with E-state index in [1.54, 1.807) is 19.1 Å². The SMILES string of the molecule is Cc1cccn(CC(=O)c2cc(F)c(F)cc2F)c1=O. The van der Waals surface area contributed by atoms with Crippen LogP contribution in [0.4, 0.5) is 13.2 Å². The topological polar surface area (TPSA) is 39.1 Å². The van der Waals surface area contributed by atoms with Crippen molar-refractivity contribution in [2.45, 2.75) is 13.5 Å². The Morgan fingerprint density at radius 2 is 1.80 bits per heavy atom. The number of rotatable bonds is 3. The van der Waals surface area contributed by atoms with Crippen LogP contribution in [0.2, 0.25) is 0 Å². The van der Waals surface area contributed by atoms with E-state index in [0.29, 0.717) is 17.7 Å². The van der Waals surface area contributed by atoms with E-state index in [0.717, 1.165) is 4.57 Å². The number of carbonyl (C=O) groups excluding carboxylic acids is 1. The van der Waals surface area contributed by atoms with E-state index < -0.39 is 40.9 Å². The summed E-state index contributed by atoms with van der Waals surface area (Å²) in [5, 5.41) is 0. The molecule has 0 aliphatic carbocycles. The van der Waals surface area contributed by atoms with Gasteiger partial charge in [0, 0.05) is 17.8 Å². The van der Waals surface area contributed by atoms with Crippen molar-refractivity contribution in [2.24, 2.45) is 0 Å². The minimum absolute atomic E-state index is 0.307. The van der Waals surface area contributed by atoms with E-state index >= 15 is 0 Å². The van der Waals surface area contributed by atoms with E-state index in [4.69, 9.17) is 0 Å². The van der Waals surface area contributed by atoms with Crippen molar-refractivity contribution in [3.05, 3.63) is 69.4 Å². The van der Waals surface area contributed by atoms with Gasteiger partial charge in [0.15, 0.2) is 17.4 Å². The summed E-state index contributed by atoms with van der Waals surface area (Å²) in [7, 11) is 0. The standard InChI is InChI=1S/C14H10F3NO2/c1-8-3-2-4-18(14(8)20)7-13(19)9-5-11(16)12(17)6-10(9)15/h2-6H,7H2,1H3. The first-order chi connectivity index (χ1) is 9.40. The van der Waals surface area contributed by atoms with Crippen LogP contribution >= 0.6 is 0 Å². The molecular weight excluding hydrogens is 271 g/mol. The molecule has 1 aromatic carbocycles. The van der Waals surface area contributed by atoms with Gasteiger partial charge in [-0.1, -0.05) is 6.07 Å². The summed E-state index contributed by atoms with van der Waals surface area (Å²) in [6, 6.07) is 3.93. The highest BCUT2D eigenvalue weighted by molar-refractivity contribution is 5.96. The summed E-state index contributed by atoms with van der Waals surface area (Å²) in [6.45, 7) is 1.13. The molecule has 104 valence electrons. The largest absolute Gasteiger partial charge is 0.308 e. The molecular formula is C14H10F3NO2. The number of halogens is 3. The zero-order valence-corrected chi connectivity index (χ0v) is 10.5. The van der Waals surface area contributed by atoms with E-state index in [-0.39, 0.29) is 0 Å². The molecule has 0 saturated heterocycles. The summed E-state index contributed by atoms with van der Waals surface area (Å²) in [5.74, 6) is -4.65. The first-order valence-corrected chi connectivity index (χ1v) is 5.74. The maximum absolute atomic E-state index is 13.4. The number of Topliss-reactive ketones (excluding diaryl/α,β-unsaturated/α-hetero) is 1. The quantitative estimate of drug-likeness (QED) is 0.640. The van der Waals surface area contributed by atoms with Crippen LogP contribution < -0.4 is 5.56 Å². The van der Waals surface area contributed by atoms with Crippen molar-refractivity contribution in [2.75, 3.05) is 0 Å². The lowest BCUT2D eigenvalue weighted by Gasteiger charge is -2.07. The van der Waals surface area contributed by atoms with Crippen LogP contribution in [0, 0.1) is 24.4 Å². The van der Waals surface area contributed by atoms with Gasteiger partial charge in [0.2, 0.25) is 0 Å². The summed E-state index contributed by atoms with van der Waals surface area (Å²) >= 11 is 0. The maximum atomic E-state index is 13.4. The summed E-state index contributed by atoms with van der Waals surface area (Å²) in [5.41, 5.74) is -0.563. The smallest absolute Gasteiger partial charge is 0.253 e. The first-order valence-electron chi connectivity index (χ1n) is 5.74. The molecule has 0 radical (unpaired) electrons. The van der Waals surface area contributed by atoms with E-state index in [1.165, 1.54) is 6.20 Å². The van der Waals surface area contributed by atoms with Crippen LogP contribution in [0.5, 0.6) is 0 Å². The van der Waals surface area contributed by atoms with Crippen molar-refractivity contribution in [3.8, 4) is 0 Å². The minimum Gasteiger partial charge on any atom is -0.308 e. The van der Waals surface area contributed by atoms with Crippen molar-refractivity contribution in [1.29, 1.82) is 0 Å². The molecule has 0 saturated carbocycles. The number of hydrogen-bond donors (Lipinski definition) is 0. The predicted octanol–water partition coefficient (Wildman–Crippen LogP) is 2.46. The number of benzene rings is 1. The molecule has 0 fully saturated rings. The van der Waals surface area contributed by atoms with Gasteiger partial charge in [-0.25, -0.2) is 13.2 Å². The summed E-state index contributed by atoms with van der Waals surface area (Å²) < 4.78 is 40.4. The monoisotopic (exact) mass is 281 g/mol. The fraction of sp³-hybridized carbons (Fsp3) is 0.143. The van der Waals surface area contributed by atoms with Gasteiger partial charge >= 0.3 is 0 Å². The fourth-order valence-corrected chi connectivity index (χ4v) is 1.76. The van der Waals surface area contributed by atoms with E-state index in [2.05, 4.69) is 0 Å². The third-order valence-corrected chi connectivity index (χ3v) is 2.83. The zero-order chi connectivity index (χ0) is 14.9. The van der Waals surface area contributed by atoms with Gasteiger partial charge in [-0.05, 0) is 19.1 Å². The highest BCUT2D eigenvalue weighted by Crippen LogP contribution is 2.14. The highest BCUT2D eigenvalue weighted by Gasteiger charge is 2.17. The second-order valence-corrected chi connectivity index (χ2v) is 4.29. The molecule has 0 amide bonds. The third kappa shape index (κ3) is 2.64. The molecule has 0 aliphatic rings. The van der Waals surface area contributed by atoms with Crippen molar-refractivity contribution >= 4 is 5.78 Å². The molecule has 2 rings (SSSR count). The normalized spacial score (nSPS) is 10.6. The molecule has 20 heavy (non-hydrogen) atoms. The number of carbonyl (C=O) groups is 1. The maximum Gasteiger partial charge on any atom is 0.253 e. The summed E-state index contributed by atoms with van der Waals surface area (Å²) in [6.07, 6.45) is 1.37. The van der Waals surface area contributed by atoms with Crippen molar-refractivity contribution in [3.63, 3.8) is 0 Å². The molecule has 0 N–H and O–H groups in total. The number of pyridine rings is 1. The Bertz CT molecular complexity index is 738. The van der Waals surface area contributed by atoms with Crippen LogP contribution in [0.15, 0.2) is 35.3 Å². The Hall–Kier alpha value is -2.37. The molecule has 0 atom stereocenters. The first kappa shape index (κ1) is 14.0. The Morgan fingerprint density at radius 3 is 2.50 bits per heavy atom. The number of aryl methyl sites for hydroxylation is 1. The third-order valence-electron chi connectivity index (χ3n) is 2.83. The minimum atomic E-state index is -1.37. The van der Waals surface area contributed by atoms with Crippen LogP contribution in [-0.4, -0.2) is 10.4 Å². The number of ketones is 1. The highest BCUT2D eigenvalue weighted by atomic mass is 19.2. The number of nitrogens with zero attached hydrogens (tertiary/aromatic N) is 1.